The maximum Gasteiger partial charge on any atom is 0.224 e. The van der Waals surface area contributed by atoms with Gasteiger partial charge in [0, 0.05) is 10.9 Å². The molecule has 0 spiro atoms. The number of benzene rings is 2. The highest BCUT2D eigenvalue weighted by Crippen LogP contribution is 2.35. The van der Waals surface area contributed by atoms with Crippen LogP contribution in [0.15, 0.2) is 51.4 Å². The molecular formula is C34H45N3O4. The Morgan fingerprint density at radius 1 is 1.05 bits per heavy atom. The van der Waals surface area contributed by atoms with E-state index in [1.165, 1.54) is 16.7 Å². The van der Waals surface area contributed by atoms with Gasteiger partial charge >= 0.3 is 0 Å². The summed E-state index contributed by atoms with van der Waals surface area (Å²) in [5.74, 6) is 1.88. The number of carbonyl (C=O) groups is 1. The third-order valence-electron chi connectivity index (χ3n) is 7.36. The second-order valence-electron chi connectivity index (χ2n) is 12.6. The van der Waals surface area contributed by atoms with Crippen LogP contribution in [0.4, 0.5) is 0 Å². The van der Waals surface area contributed by atoms with Gasteiger partial charge in [-0.2, -0.15) is 0 Å². The second kappa shape index (κ2) is 12.6. The van der Waals surface area contributed by atoms with Crippen molar-refractivity contribution < 1.29 is 18.5 Å². The van der Waals surface area contributed by atoms with Gasteiger partial charge < -0.3 is 24.7 Å². The second-order valence-corrected chi connectivity index (χ2v) is 12.6. The Labute approximate surface area is 243 Å². The first-order valence-corrected chi connectivity index (χ1v) is 14.5. The van der Waals surface area contributed by atoms with Crippen molar-refractivity contribution in [3.63, 3.8) is 0 Å². The third kappa shape index (κ3) is 7.86. The summed E-state index contributed by atoms with van der Waals surface area (Å²) in [5.41, 5.74) is 12.5. The molecule has 41 heavy (non-hydrogen) atoms. The van der Waals surface area contributed by atoms with E-state index in [4.69, 9.17) is 19.4 Å². The zero-order chi connectivity index (χ0) is 29.9. The number of amides is 1. The molecule has 2 aromatic heterocycles. The van der Waals surface area contributed by atoms with Crippen molar-refractivity contribution in [2.75, 3.05) is 6.61 Å². The van der Waals surface area contributed by atoms with E-state index in [2.05, 4.69) is 56.4 Å². The number of rotatable bonds is 12. The number of aryl methyl sites for hydroxylation is 4. The van der Waals surface area contributed by atoms with E-state index >= 15 is 0 Å². The highest BCUT2D eigenvalue weighted by molar-refractivity contribution is 5.83. The van der Waals surface area contributed by atoms with Crippen molar-refractivity contribution >= 4 is 16.9 Å². The molecule has 4 rings (SSSR count). The van der Waals surface area contributed by atoms with Crippen molar-refractivity contribution in [1.29, 1.82) is 0 Å². The van der Waals surface area contributed by atoms with Gasteiger partial charge in [-0.3, -0.25) is 4.79 Å². The fourth-order valence-electron chi connectivity index (χ4n) is 5.28. The maximum atomic E-state index is 13.3. The van der Waals surface area contributed by atoms with Crippen molar-refractivity contribution in [2.24, 2.45) is 11.7 Å². The van der Waals surface area contributed by atoms with Crippen LogP contribution in [-0.4, -0.2) is 23.2 Å². The molecule has 0 bridgehead atoms. The van der Waals surface area contributed by atoms with Gasteiger partial charge in [-0.1, -0.05) is 48.8 Å². The van der Waals surface area contributed by atoms with Crippen molar-refractivity contribution in [1.82, 2.24) is 10.5 Å². The van der Waals surface area contributed by atoms with E-state index in [0.717, 1.165) is 40.6 Å². The zero-order valence-corrected chi connectivity index (χ0v) is 25.8. The first-order valence-electron chi connectivity index (χ1n) is 14.5. The predicted molar refractivity (Wildman–Crippen MR) is 163 cm³/mol. The van der Waals surface area contributed by atoms with Gasteiger partial charge in [0.2, 0.25) is 5.91 Å². The van der Waals surface area contributed by atoms with Crippen molar-refractivity contribution in [3.8, 4) is 0 Å². The normalized spacial score (nSPS) is 13.6. The number of fused-ring (bicyclic) bond motifs is 1. The summed E-state index contributed by atoms with van der Waals surface area (Å²) in [6.07, 6.45) is 1.71. The summed E-state index contributed by atoms with van der Waals surface area (Å²) in [6, 6.07) is 14.3. The molecule has 3 N–H and O–H groups in total. The standard InChI is InChI=1S/C34H45N3O4/c1-20(2)9-13-28(27-12-10-21(3)15-22(27)4)36-31(38)17-25-11-14-29-26(16-25)18-30(40-29)33(39-19-34(7,8)35)32-23(5)37-41-24(32)6/h10-12,14-16,18,20,28,33H,9,13,17,19,35H2,1-8H3,(H,36,38). The molecule has 0 aliphatic rings. The van der Waals surface area contributed by atoms with Gasteiger partial charge in [0.05, 0.1) is 30.3 Å². The van der Waals surface area contributed by atoms with Gasteiger partial charge in [-0.25, -0.2) is 0 Å². The van der Waals surface area contributed by atoms with Gasteiger partial charge in [-0.15, -0.1) is 0 Å². The molecule has 7 nitrogen and oxygen atoms in total. The van der Waals surface area contributed by atoms with E-state index in [1.54, 1.807) is 0 Å². The Bertz CT molecular complexity index is 1470. The quantitative estimate of drug-likeness (QED) is 0.188. The number of nitrogens with zero attached hydrogens (tertiary/aromatic N) is 1. The molecule has 220 valence electrons. The van der Waals surface area contributed by atoms with Gasteiger partial charge in [0.15, 0.2) is 0 Å². The molecule has 0 radical (unpaired) electrons. The molecule has 0 aliphatic carbocycles. The largest absolute Gasteiger partial charge is 0.458 e. The molecule has 7 heteroatoms. The predicted octanol–water partition coefficient (Wildman–Crippen LogP) is 7.33. The van der Waals surface area contributed by atoms with Crippen LogP contribution in [0.1, 0.15) is 97.7 Å². The van der Waals surface area contributed by atoms with Crippen LogP contribution >= 0.6 is 0 Å². The number of hydrogen-bond acceptors (Lipinski definition) is 6. The third-order valence-corrected chi connectivity index (χ3v) is 7.36. The smallest absolute Gasteiger partial charge is 0.224 e. The number of furan rings is 1. The first-order chi connectivity index (χ1) is 19.3. The average Bonchev–Trinajstić information content (AvgIpc) is 3.44. The Morgan fingerprint density at radius 3 is 2.44 bits per heavy atom. The number of nitrogens with one attached hydrogen (secondary N) is 1. The first kappa shape index (κ1) is 30.5. The minimum atomic E-state index is -0.520. The summed E-state index contributed by atoms with van der Waals surface area (Å²) in [5, 5.41) is 8.34. The van der Waals surface area contributed by atoms with Crippen LogP contribution < -0.4 is 11.1 Å². The van der Waals surface area contributed by atoms with Crippen molar-refractivity contribution in [2.45, 2.75) is 92.3 Å². The lowest BCUT2D eigenvalue weighted by molar-refractivity contribution is -0.121. The molecule has 2 unspecified atom stereocenters. The Kier molecular flexibility index (Phi) is 9.40. The molecular weight excluding hydrogens is 514 g/mol. The molecule has 0 saturated heterocycles. The van der Waals surface area contributed by atoms with Crippen LogP contribution in [0.25, 0.3) is 11.0 Å². The lowest BCUT2D eigenvalue weighted by Crippen LogP contribution is -2.38. The monoisotopic (exact) mass is 559 g/mol. The van der Waals surface area contributed by atoms with Gasteiger partial charge in [0.1, 0.15) is 23.2 Å². The Hall–Kier alpha value is -3.42. The molecule has 0 fully saturated rings. The minimum Gasteiger partial charge on any atom is -0.458 e. The van der Waals surface area contributed by atoms with E-state index in [9.17, 15) is 4.79 Å². The summed E-state index contributed by atoms with van der Waals surface area (Å²) < 4.78 is 18.0. The fraction of sp³-hybridized carbons (Fsp3) is 0.471. The van der Waals surface area contributed by atoms with Crippen LogP contribution in [0, 0.1) is 33.6 Å². The SMILES string of the molecule is Cc1ccc(C(CCC(C)C)NC(=O)Cc2ccc3oc(C(OCC(C)(C)N)c4c(C)noc4C)cc3c2)c(C)c1. The van der Waals surface area contributed by atoms with Crippen LogP contribution in [0.3, 0.4) is 0 Å². The topological polar surface area (TPSA) is 104 Å². The number of hydrogen-bond donors (Lipinski definition) is 2. The molecule has 1 amide bonds. The average molecular weight is 560 g/mol. The highest BCUT2D eigenvalue weighted by Gasteiger charge is 2.28. The van der Waals surface area contributed by atoms with Crippen LogP contribution in [0.2, 0.25) is 0 Å². The van der Waals surface area contributed by atoms with Crippen molar-refractivity contribution in [3.05, 3.63) is 87.5 Å². The van der Waals surface area contributed by atoms with Gasteiger partial charge in [-0.05, 0) is 95.2 Å². The highest BCUT2D eigenvalue weighted by atomic mass is 16.5. The lowest BCUT2D eigenvalue weighted by Gasteiger charge is -2.23. The number of carbonyl (C=O) groups excluding carboxylic acids is 1. The molecule has 2 heterocycles. The Morgan fingerprint density at radius 2 is 1.80 bits per heavy atom. The van der Waals surface area contributed by atoms with Crippen LogP contribution in [-0.2, 0) is 16.0 Å². The molecule has 4 aromatic rings. The van der Waals surface area contributed by atoms with Gasteiger partial charge in [0.25, 0.3) is 0 Å². The Balaban J connectivity index is 1.55. The molecule has 0 aliphatic heterocycles. The summed E-state index contributed by atoms with van der Waals surface area (Å²) in [4.78, 5) is 13.3. The summed E-state index contributed by atoms with van der Waals surface area (Å²) in [7, 11) is 0. The summed E-state index contributed by atoms with van der Waals surface area (Å²) >= 11 is 0. The summed E-state index contributed by atoms with van der Waals surface area (Å²) in [6.45, 7) is 16.6. The minimum absolute atomic E-state index is 0.00362. The maximum absolute atomic E-state index is 13.3. The van der Waals surface area contributed by atoms with E-state index < -0.39 is 11.6 Å². The zero-order valence-electron chi connectivity index (χ0n) is 25.8. The number of aromatic nitrogens is 1. The lowest BCUT2D eigenvalue weighted by atomic mass is 9.93. The van der Waals surface area contributed by atoms with E-state index in [0.29, 0.717) is 24.0 Å². The number of ether oxygens (including phenoxy) is 1. The molecule has 0 saturated carbocycles. The number of nitrogens with two attached hydrogens (primary N) is 1. The van der Waals surface area contributed by atoms with E-state index in [-0.39, 0.29) is 18.4 Å². The molecule has 2 atom stereocenters. The van der Waals surface area contributed by atoms with Crippen LogP contribution in [0.5, 0.6) is 0 Å². The fourth-order valence-corrected chi connectivity index (χ4v) is 5.28. The van der Waals surface area contributed by atoms with E-state index in [1.807, 2.05) is 52.0 Å². The molecule has 2 aromatic carbocycles.